The first kappa shape index (κ1) is 18.6. The number of hydrogen-bond donors (Lipinski definition) is 3. The van der Waals surface area contributed by atoms with Gasteiger partial charge in [-0.25, -0.2) is 0 Å². The third kappa shape index (κ3) is 2.48. The van der Waals surface area contributed by atoms with Crippen molar-refractivity contribution < 1.29 is 20.1 Å². The van der Waals surface area contributed by atoms with Crippen LogP contribution in [0.5, 0.6) is 0 Å². The van der Waals surface area contributed by atoms with Crippen molar-refractivity contribution >= 4 is 0 Å². The van der Waals surface area contributed by atoms with Crippen LogP contribution in [0.3, 0.4) is 0 Å². The van der Waals surface area contributed by atoms with E-state index in [-0.39, 0.29) is 23.4 Å². The van der Waals surface area contributed by atoms with Gasteiger partial charge in [0, 0.05) is 0 Å². The Morgan fingerprint density at radius 1 is 1.04 bits per heavy atom. The number of fused-ring (bicyclic) bond motifs is 3. The molecule has 1 aliphatic heterocycles. The fraction of sp³-hybridized carbons (Fsp3) is 1.00. The molecule has 0 aromatic heterocycles. The quantitative estimate of drug-likeness (QED) is 0.723. The van der Waals surface area contributed by atoms with E-state index in [9.17, 15) is 15.3 Å². The molecule has 3 rings (SSSR count). The average Bonchev–Trinajstić information content (AvgIpc) is 2.48. The number of hydrogen-bond acceptors (Lipinski definition) is 4. The lowest BCUT2D eigenvalue weighted by atomic mass is 9.43. The maximum Gasteiger partial charge on any atom is 0.106 e. The summed E-state index contributed by atoms with van der Waals surface area (Å²) in [5.74, 6) is 0.792. The third-order valence-corrected chi connectivity index (χ3v) is 8.14. The van der Waals surface area contributed by atoms with Crippen LogP contribution in [0.2, 0.25) is 0 Å². The van der Waals surface area contributed by atoms with Crippen LogP contribution in [0.15, 0.2) is 0 Å². The molecule has 2 saturated carbocycles. The van der Waals surface area contributed by atoms with Crippen LogP contribution in [0.1, 0.15) is 73.1 Å². The molecule has 2 aliphatic carbocycles. The third-order valence-electron chi connectivity index (χ3n) is 8.14. The molecule has 0 aromatic rings. The van der Waals surface area contributed by atoms with E-state index in [1.807, 2.05) is 13.8 Å². The minimum absolute atomic E-state index is 0.168. The van der Waals surface area contributed by atoms with E-state index in [0.29, 0.717) is 5.92 Å². The van der Waals surface area contributed by atoms with Crippen LogP contribution in [-0.2, 0) is 4.74 Å². The molecule has 0 radical (unpaired) electrons. The Hall–Kier alpha value is -0.160. The van der Waals surface area contributed by atoms with E-state index in [2.05, 4.69) is 20.8 Å². The molecule has 0 aromatic carbocycles. The van der Waals surface area contributed by atoms with Crippen LogP contribution in [-0.4, -0.2) is 45.3 Å². The Morgan fingerprint density at radius 2 is 1.71 bits per heavy atom. The molecule has 4 heteroatoms. The molecule has 3 N–H and O–H groups in total. The molecule has 24 heavy (non-hydrogen) atoms. The Kier molecular flexibility index (Phi) is 4.40. The number of aliphatic hydroxyl groups is 3. The predicted molar refractivity (Wildman–Crippen MR) is 93.6 cm³/mol. The topological polar surface area (TPSA) is 69.9 Å². The second kappa shape index (κ2) is 5.67. The molecule has 140 valence electrons. The largest absolute Gasteiger partial charge is 0.394 e. The maximum atomic E-state index is 11.1. The van der Waals surface area contributed by atoms with Gasteiger partial charge in [-0.2, -0.15) is 0 Å². The van der Waals surface area contributed by atoms with Crippen molar-refractivity contribution in [2.75, 3.05) is 6.61 Å². The van der Waals surface area contributed by atoms with Gasteiger partial charge in [0.25, 0.3) is 0 Å². The Balaban J connectivity index is 1.97. The smallest absolute Gasteiger partial charge is 0.106 e. The fourth-order valence-corrected chi connectivity index (χ4v) is 6.68. The maximum absolute atomic E-state index is 11.1. The van der Waals surface area contributed by atoms with E-state index in [1.165, 1.54) is 19.3 Å². The van der Waals surface area contributed by atoms with E-state index < -0.39 is 23.4 Å². The van der Waals surface area contributed by atoms with Crippen molar-refractivity contribution in [1.29, 1.82) is 0 Å². The highest BCUT2D eigenvalue weighted by Crippen LogP contribution is 2.65. The Bertz CT molecular complexity index is 492. The molecular weight excluding hydrogens is 304 g/mol. The van der Waals surface area contributed by atoms with E-state index in [4.69, 9.17) is 4.74 Å². The molecule has 3 aliphatic rings. The van der Waals surface area contributed by atoms with Crippen molar-refractivity contribution in [2.24, 2.45) is 22.7 Å². The van der Waals surface area contributed by atoms with Crippen LogP contribution >= 0.6 is 0 Å². The lowest BCUT2D eigenvalue weighted by Crippen LogP contribution is -2.69. The lowest BCUT2D eigenvalue weighted by molar-refractivity contribution is -0.317. The van der Waals surface area contributed by atoms with Gasteiger partial charge in [0.15, 0.2) is 0 Å². The number of rotatable bonds is 2. The molecule has 0 spiro atoms. The second-order valence-corrected chi connectivity index (χ2v) is 10.0. The SMILES string of the molecule is CC1(C)CCC[C@@]2(C)[C@@H]1C[C@H](O)[C@@]1(C)O[C@@](C)([C@@H](O)CO)CC[C@@H]21. The van der Waals surface area contributed by atoms with Crippen LogP contribution < -0.4 is 0 Å². The number of aliphatic hydroxyl groups excluding tert-OH is 3. The number of ether oxygens (including phenoxy) is 1. The van der Waals surface area contributed by atoms with Gasteiger partial charge in [0.05, 0.1) is 23.9 Å². The zero-order chi connectivity index (χ0) is 18.0. The summed E-state index contributed by atoms with van der Waals surface area (Å²) >= 11 is 0. The first-order valence-electron chi connectivity index (χ1n) is 9.67. The summed E-state index contributed by atoms with van der Waals surface area (Å²) in [7, 11) is 0. The molecule has 3 fully saturated rings. The van der Waals surface area contributed by atoms with Gasteiger partial charge in [0.2, 0.25) is 0 Å². The predicted octanol–water partition coefficient (Wildman–Crippen LogP) is 2.88. The van der Waals surface area contributed by atoms with E-state index in [1.54, 1.807) is 0 Å². The zero-order valence-electron chi connectivity index (χ0n) is 16.0. The van der Waals surface area contributed by atoms with E-state index >= 15 is 0 Å². The van der Waals surface area contributed by atoms with E-state index in [0.717, 1.165) is 19.3 Å². The van der Waals surface area contributed by atoms with Crippen molar-refractivity contribution in [3.05, 3.63) is 0 Å². The highest BCUT2D eigenvalue weighted by atomic mass is 16.6. The lowest BCUT2D eigenvalue weighted by Gasteiger charge is -2.66. The van der Waals surface area contributed by atoms with Gasteiger partial charge in [-0.15, -0.1) is 0 Å². The van der Waals surface area contributed by atoms with Crippen LogP contribution in [0.4, 0.5) is 0 Å². The van der Waals surface area contributed by atoms with Gasteiger partial charge in [-0.3, -0.25) is 0 Å². The van der Waals surface area contributed by atoms with Crippen molar-refractivity contribution in [3.63, 3.8) is 0 Å². The summed E-state index contributed by atoms with van der Waals surface area (Å²) in [6.07, 6.45) is 4.65. The molecular formula is C20H36O4. The van der Waals surface area contributed by atoms with Gasteiger partial charge in [-0.1, -0.05) is 27.2 Å². The van der Waals surface area contributed by atoms with Gasteiger partial charge >= 0.3 is 0 Å². The highest BCUT2D eigenvalue weighted by Gasteiger charge is 2.65. The Labute approximate surface area is 146 Å². The zero-order valence-corrected chi connectivity index (χ0v) is 16.0. The summed E-state index contributed by atoms with van der Waals surface area (Å²) in [5.41, 5.74) is -1.02. The summed E-state index contributed by atoms with van der Waals surface area (Å²) in [5, 5.41) is 30.7. The molecule has 0 amide bonds. The normalized spacial score (nSPS) is 52.2. The van der Waals surface area contributed by atoms with Gasteiger partial charge in [-0.05, 0) is 68.6 Å². The minimum atomic E-state index is -0.907. The summed E-state index contributed by atoms with van der Waals surface area (Å²) in [6, 6.07) is 0. The van der Waals surface area contributed by atoms with Gasteiger partial charge < -0.3 is 20.1 Å². The van der Waals surface area contributed by atoms with Crippen molar-refractivity contribution in [3.8, 4) is 0 Å². The summed E-state index contributed by atoms with van der Waals surface area (Å²) < 4.78 is 6.45. The average molecular weight is 341 g/mol. The first-order valence-corrected chi connectivity index (χ1v) is 9.67. The first-order chi connectivity index (χ1) is 11.0. The molecule has 0 bridgehead atoms. The summed E-state index contributed by atoms with van der Waals surface area (Å²) in [6.45, 7) is 10.7. The highest BCUT2D eigenvalue weighted by molar-refractivity contribution is 5.14. The molecule has 1 heterocycles. The molecule has 0 unspecified atom stereocenters. The Morgan fingerprint density at radius 3 is 2.33 bits per heavy atom. The van der Waals surface area contributed by atoms with Crippen molar-refractivity contribution in [2.45, 2.75) is 96.6 Å². The standard InChI is InChI=1S/C20H36O4/c1-17(2)8-6-9-18(3)13-7-10-19(4,16(23)12-21)24-20(13,5)15(22)11-14(17)18/h13-16,21-23H,6-12H2,1-5H3/t13-,14+,15-,16-,18+,19+,20-/m0/s1. The van der Waals surface area contributed by atoms with Crippen molar-refractivity contribution in [1.82, 2.24) is 0 Å². The monoisotopic (exact) mass is 340 g/mol. The fourth-order valence-electron chi connectivity index (χ4n) is 6.68. The minimum Gasteiger partial charge on any atom is -0.394 e. The van der Waals surface area contributed by atoms with Crippen LogP contribution in [0.25, 0.3) is 0 Å². The second-order valence-electron chi connectivity index (χ2n) is 10.0. The van der Waals surface area contributed by atoms with Gasteiger partial charge in [0.1, 0.15) is 6.10 Å². The molecule has 1 saturated heterocycles. The summed E-state index contributed by atoms with van der Waals surface area (Å²) in [4.78, 5) is 0. The molecule has 4 nitrogen and oxygen atoms in total. The van der Waals surface area contributed by atoms with Crippen LogP contribution in [0, 0.1) is 22.7 Å². The molecule has 7 atom stereocenters.